The maximum atomic E-state index is 12.8. The zero-order valence-electron chi connectivity index (χ0n) is 17.2. The van der Waals surface area contributed by atoms with Crippen LogP contribution in [0.1, 0.15) is 16.2 Å². The van der Waals surface area contributed by atoms with E-state index in [1.165, 1.54) is 27.9 Å². The summed E-state index contributed by atoms with van der Waals surface area (Å²) in [7, 11) is -2.20. The number of carbonyl (C=O) groups is 1. The molecule has 0 unspecified atom stereocenters. The Balaban J connectivity index is 1.44. The fraction of sp³-hybridized carbons (Fsp3) is 0.526. The third-order valence-electron chi connectivity index (χ3n) is 5.50. The van der Waals surface area contributed by atoms with Crippen LogP contribution in [-0.4, -0.2) is 97.5 Å². The fourth-order valence-electron chi connectivity index (χ4n) is 3.78. The number of piperazine rings is 1. The van der Waals surface area contributed by atoms with Crippen molar-refractivity contribution in [1.29, 1.82) is 0 Å². The van der Waals surface area contributed by atoms with E-state index in [-0.39, 0.29) is 5.56 Å². The van der Waals surface area contributed by atoms with Gasteiger partial charge in [-0.3, -0.25) is 9.69 Å². The van der Waals surface area contributed by atoms with Crippen LogP contribution in [-0.2, 0) is 26.2 Å². The van der Waals surface area contributed by atoms with E-state index in [1.807, 2.05) is 4.90 Å². The zero-order valence-corrected chi connectivity index (χ0v) is 18.1. The molecule has 1 aromatic carbocycles. The van der Waals surface area contributed by atoms with Crippen molar-refractivity contribution in [2.45, 2.75) is 6.54 Å². The van der Waals surface area contributed by atoms with E-state index in [1.54, 1.807) is 6.07 Å². The second-order valence-electron chi connectivity index (χ2n) is 7.43. The summed E-state index contributed by atoms with van der Waals surface area (Å²) in [6.45, 7) is 3.72. The number of nitrogens with zero attached hydrogens (tertiary/aromatic N) is 4. The molecule has 0 radical (unpaired) electrons. The summed E-state index contributed by atoms with van der Waals surface area (Å²) in [6, 6.07) is 4.61. The number of hydrogen-bond acceptors (Lipinski definition) is 8. The predicted molar refractivity (Wildman–Crippen MR) is 112 cm³/mol. The number of esters is 1. The summed E-state index contributed by atoms with van der Waals surface area (Å²) in [5.41, 5.74) is 0.445. The molecule has 0 amide bonds. The molecule has 0 bridgehead atoms. The van der Waals surface area contributed by atoms with Gasteiger partial charge in [0.05, 0.1) is 43.3 Å². The predicted octanol–water partition coefficient (Wildman–Crippen LogP) is -0.596. The molecule has 11 nitrogen and oxygen atoms in total. The fourth-order valence-corrected chi connectivity index (χ4v) is 5.34. The number of methoxy groups -OCH3 is 1. The number of ether oxygens (including phenoxy) is 2. The number of morpholine rings is 1. The third-order valence-corrected chi connectivity index (χ3v) is 7.54. The van der Waals surface area contributed by atoms with Crippen LogP contribution in [0.4, 0.5) is 0 Å². The van der Waals surface area contributed by atoms with Gasteiger partial charge < -0.3 is 14.5 Å². The highest BCUT2D eigenvalue weighted by Gasteiger charge is 2.33. The Morgan fingerprint density at radius 2 is 1.81 bits per heavy atom. The average molecular weight is 452 g/mol. The van der Waals surface area contributed by atoms with Crippen molar-refractivity contribution in [3.63, 3.8) is 0 Å². The number of fused-ring (bicyclic) bond motifs is 1. The molecular formula is C19H25N5O6S. The Morgan fingerprint density at radius 1 is 1.13 bits per heavy atom. The summed E-state index contributed by atoms with van der Waals surface area (Å²) in [6.07, 6.45) is 0. The molecule has 3 heterocycles. The highest BCUT2D eigenvalue weighted by molar-refractivity contribution is 7.86. The smallest absolute Gasteiger partial charge is 0.337 e. The molecule has 168 valence electrons. The van der Waals surface area contributed by atoms with E-state index in [9.17, 15) is 18.0 Å². The summed E-state index contributed by atoms with van der Waals surface area (Å²) >= 11 is 0. The molecule has 2 aliphatic rings. The van der Waals surface area contributed by atoms with E-state index in [0.29, 0.717) is 81.3 Å². The van der Waals surface area contributed by atoms with Gasteiger partial charge in [-0.1, -0.05) is 0 Å². The Kier molecular flexibility index (Phi) is 6.34. The van der Waals surface area contributed by atoms with E-state index < -0.39 is 16.2 Å². The molecule has 1 aromatic heterocycles. The van der Waals surface area contributed by atoms with Crippen molar-refractivity contribution in [2.24, 2.45) is 0 Å². The first kappa shape index (κ1) is 21.8. The number of aromatic amines is 1. The Bertz CT molecular complexity index is 1120. The summed E-state index contributed by atoms with van der Waals surface area (Å²) in [4.78, 5) is 33.5. The normalized spacial score (nSPS) is 19.5. The largest absolute Gasteiger partial charge is 0.465 e. The van der Waals surface area contributed by atoms with E-state index in [2.05, 4.69) is 9.97 Å². The van der Waals surface area contributed by atoms with Crippen LogP contribution in [0.3, 0.4) is 0 Å². The minimum atomic E-state index is -3.49. The summed E-state index contributed by atoms with van der Waals surface area (Å²) in [5.74, 6) is -0.0351. The van der Waals surface area contributed by atoms with Crippen molar-refractivity contribution in [3.8, 4) is 0 Å². The second kappa shape index (κ2) is 9.01. The number of rotatable bonds is 5. The van der Waals surface area contributed by atoms with Crippen LogP contribution < -0.4 is 5.56 Å². The molecule has 2 saturated heterocycles. The van der Waals surface area contributed by atoms with Crippen molar-refractivity contribution in [1.82, 2.24) is 23.5 Å². The Hall–Kier alpha value is -2.38. The summed E-state index contributed by atoms with van der Waals surface area (Å²) in [5, 5.41) is 0.387. The van der Waals surface area contributed by atoms with Crippen LogP contribution in [0.15, 0.2) is 23.0 Å². The van der Waals surface area contributed by atoms with Gasteiger partial charge in [-0.25, -0.2) is 9.78 Å². The molecule has 0 spiro atoms. The number of carbonyl (C=O) groups excluding carboxylic acids is 1. The standard InChI is InChI=1S/C19H25N5O6S/c1-29-19(26)14-2-3-15-16(12-14)20-17(21-18(15)25)13-22-4-6-23(7-5-22)31(27,28)24-8-10-30-11-9-24/h2-3,12H,4-11,13H2,1H3,(H,20,21,25). The van der Waals surface area contributed by atoms with Gasteiger partial charge in [0.1, 0.15) is 5.82 Å². The van der Waals surface area contributed by atoms with Crippen molar-refractivity contribution in [3.05, 3.63) is 39.9 Å². The third kappa shape index (κ3) is 4.62. The van der Waals surface area contributed by atoms with Crippen LogP contribution >= 0.6 is 0 Å². The molecule has 31 heavy (non-hydrogen) atoms. The van der Waals surface area contributed by atoms with Crippen LogP contribution in [0.25, 0.3) is 10.9 Å². The lowest BCUT2D eigenvalue weighted by Gasteiger charge is -2.37. The molecule has 2 fully saturated rings. The van der Waals surface area contributed by atoms with E-state index in [4.69, 9.17) is 9.47 Å². The van der Waals surface area contributed by atoms with Gasteiger partial charge in [0, 0.05) is 39.3 Å². The number of H-pyrrole nitrogens is 1. The van der Waals surface area contributed by atoms with Gasteiger partial charge in [-0.05, 0) is 18.2 Å². The SMILES string of the molecule is COC(=O)c1ccc2c(=O)[nH]c(CN3CCN(S(=O)(=O)N4CCOCC4)CC3)nc2c1. The number of aromatic nitrogens is 2. The minimum Gasteiger partial charge on any atom is -0.465 e. The maximum absolute atomic E-state index is 12.8. The highest BCUT2D eigenvalue weighted by Crippen LogP contribution is 2.16. The van der Waals surface area contributed by atoms with Crippen LogP contribution in [0, 0.1) is 0 Å². The Morgan fingerprint density at radius 3 is 2.48 bits per heavy atom. The van der Waals surface area contributed by atoms with Gasteiger partial charge in [-0.2, -0.15) is 17.0 Å². The van der Waals surface area contributed by atoms with E-state index >= 15 is 0 Å². The van der Waals surface area contributed by atoms with Gasteiger partial charge >= 0.3 is 5.97 Å². The topological polar surface area (TPSA) is 125 Å². The van der Waals surface area contributed by atoms with Crippen molar-refractivity contribution >= 4 is 27.1 Å². The van der Waals surface area contributed by atoms with Crippen molar-refractivity contribution < 1.29 is 22.7 Å². The molecule has 0 atom stereocenters. The van der Waals surface area contributed by atoms with Gasteiger partial charge in [-0.15, -0.1) is 0 Å². The maximum Gasteiger partial charge on any atom is 0.337 e. The van der Waals surface area contributed by atoms with Gasteiger partial charge in [0.15, 0.2) is 0 Å². The van der Waals surface area contributed by atoms with Crippen molar-refractivity contribution in [2.75, 3.05) is 59.6 Å². The molecule has 1 N–H and O–H groups in total. The van der Waals surface area contributed by atoms with Gasteiger partial charge in [0.25, 0.3) is 15.8 Å². The second-order valence-corrected chi connectivity index (χ2v) is 9.36. The lowest BCUT2D eigenvalue weighted by Crippen LogP contribution is -2.54. The zero-order chi connectivity index (χ0) is 22.0. The number of hydrogen-bond donors (Lipinski definition) is 1. The lowest BCUT2D eigenvalue weighted by atomic mass is 10.1. The Labute approximate surface area is 179 Å². The number of nitrogens with one attached hydrogen (secondary N) is 1. The summed E-state index contributed by atoms with van der Waals surface area (Å²) < 4.78 is 38.5. The first-order valence-electron chi connectivity index (χ1n) is 10.0. The van der Waals surface area contributed by atoms with Gasteiger partial charge in [0.2, 0.25) is 0 Å². The highest BCUT2D eigenvalue weighted by atomic mass is 32.2. The lowest BCUT2D eigenvalue weighted by molar-refractivity contribution is 0.0601. The molecule has 0 saturated carbocycles. The quantitative estimate of drug-likeness (QED) is 0.598. The molecular weight excluding hydrogens is 426 g/mol. The molecule has 0 aliphatic carbocycles. The minimum absolute atomic E-state index is 0.287. The van der Waals surface area contributed by atoms with Crippen LogP contribution in [0.5, 0.6) is 0 Å². The average Bonchev–Trinajstić information content (AvgIpc) is 2.79. The monoisotopic (exact) mass is 451 g/mol. The molecule has 12 heteroatoms. The molecule has 2 aromatic rings. The molecule has 4 rings (SSSR count). The van der Waals surface area contributed by atoms with E-state index in [0.717, 1.165) is 0 Å². The first-order valence-corrected chi connectivity index (χ1v) is 11.4. The molecule has 2 aliphatic heterocycles. The number of benzene rings is 1. The first-order chi connectivity index (χ1) is 14.9. The van der Waals surface area contributed by atoms with Crippen LogP contribution in [0.2, 0.25) is 0 Å².